The van der Waals surface area contributed by atoms with Gasteiger partial charge in [-0.2, -0.15) is 0 Å². The zero-order chi connectivity index (χ0) is 9.71. The number of hydrogen-bond donors (Lipinski definition) is 0. The Bertz CT molecular complexity index is 538. The second-order valence-corrected chi connectivity index (χ2v) is 10.5. The molecule has 2 aromatic heterocycles. The Hall–Kier alpha value is 1.24. The third kappa shape index (κ3) is 1.60. The van der Waals surface area contributed by atoms with E-state index >= 15 is 0 Å². The summed E-state index contributed by atoms with van der Waals surface area (Å²) >= 11 is 14.2. The molecule has 0 N–H and O–H groups in total. The van der Waals surface area contributed by atoms with Crippen molar-refractivity contribution in [2.75, 3.05) is 0 Å². The van der Waals surface area contributed by atoms with Crippen molar-refractivity contribution < 1.29 is 0 Å². The van der Waals surface area contributed by atoms with Crippen molar-refractivity contribution in [3.05, 3.63) is 7.65 Å². The lowest BCUT2D eigenvalue weighted by Crippen LogP contribution is -1.79. The molecule has 1 aliphatic heterocycles. The SMILES string of the molecule is S=c1ssc2c1Sc1ssc(=S)c1S2. The van der Waals surface area contributed by atoms with E-state index in [0.29, 0.717) is 0 Å². The van der Waals surface area contributed by atoms with Crippen molar-refractivity contribution in [3.8, 4) is 0 Å². The van der Waals surface area contributed by atoms with E-state index in [4.69, 9.17) is 24.4 Å². The van der Waals surface area contributed by atoms with Crippen LogP contribution in [0.25, 0.3) is 0 Å². The Labute approximate surface area is 114 Å². The second kappa shape index (κ2) is 3.92. The van der Waals surface area contributed by atoms with Gasteiger partial charge in [-0.15, -0.1) is 0 Å². The van der Waals surface area contributed by atoms with Crippen LogP contribution < -0.4 is 0 Å². The fourth-order valence-corrected chi connectivity index (χ4v) is 10.7. The van der Waals surface area contributed by atoms with Crippen molar-refractivity contribution in [1.29, 1.82) is 0 Å². The van der Waals surface area contributed by atoms with E-state index in [-0.39, 0.29) is 0 Å². The Morgan fingerprint density at radius 2 is 1.07 bits per heavy atom. The summed E-state index contributed by atoms with van der Waals surface area (Å²) in [6.07, 6.45) is 0. The molecule has 0 spiro atoms. The molecule has 2 aromatic rings. The Balaban J connectivity index is 2.24. The van der Waals surface area contributed by atoms with Crippen LogP contribution in [-0.2, 0) is 0 Å². The minimum Gasteiger partial charge on any atom is -0.0725 e. The number of rotatable bonds is 0. The highest BCUT2D eigenvalue weighted by molar-refractivity contribution is 8.10. The van der Waals surface area contributed by atoms with Gasteiger partial charge in [0, 0.05) is 0 Å². The molecule has 0 amide bonds. The van der Waals surface area contributed by atoms with Gasteiger partial charge in [-0.1, -0.05) is 89.3 Å². The van der Waals surface area contributed by atoms with Gasteiger partial charge in [-0.25, -0.2) is 0 Å². The quantitative estimate of drug-likeness (QED) is 0.366. The standard InChI is InChI=1S/C6S8/c7-3-1-5(13-11-3)10-2-4(8)12-14-6(2)9-1. The minimum atomic E-state index is 1.03. The average Bonchev–Trinajstić information content (AvgIpc) is 2.71. The fraction of sp³-hybridized carbons (Fsp3) is 0. The topological polar surface area (TPSA) is 0 Å². The maximum absolute atomic E-state index is 5.28. The second-order valence-electron chi connectivity index (χ2n) is 2.35. The normalized spacial score (nSPS) is 13.7. The highest BCUT2D eigenvalue weighted by Gasteiger charge is 2.23. The van der Waals surface area contributed by atoms with Gasteiger partial charge in [0.1, 0.15) is 7.65 Å². The summed E-state index contributed by atoms with van der Waals surface area (Å²) in [6.45, 7) is 0. The lowest BCUT2D eigenvalue weighted by atomic mass is 10.8. The predicted octanol–water partition coefficient (Wildman–Crippen LogP) is 6.01. The molecule has 8 heteroatoms. The van der Waals surface area contributed by atoms with Crippen LogP contribution in [0.2, 0.25) is 0 Å². The number of hydrogen-bond acceptors (Lipinski definition) is 8. The zero-order valence-electron chi connectivity index (χ0n) is 6.27. The van der Waals surface area contributed by atoms with E-state index in [1.54, 1.807) is 64.9 Å². The molecule has 0 nitrogen and oxygen atoms in total. The average molecular weight is 329 g/mol. The van der Waals surface area contributed by atoms with Gasteiger partial charge >= 0.3 is 0 Å². The molecule has 0 bridgehead atoms. The van der Waals surface area contributed by atoms with E-state index in [1.807, 2.05) is 0 Å². The largest absolute Gasteiger partial charge is 0.117 e. The van der Waals surface area contributed by atoms with Gasteiger partial charge in [0.15, 0.2) is 0 Å². The minimum absolute atomic E-state index is 1.03. The van der Waals surface area contributed by atoms with Crippen LogP contribution in [0.15, 0.2) is 18.2 Å². The first-order valence-corrected chi connectivity index (χ1v) is 10.1. The van der Waals surface area contributed by atoms with Crippen molar-refractivity contribution in [2.45, 2.75) is 18.2 Å². The molecule has 0 saturated carbocycles. The molecule has 3 rings (SSSR count). The first kappa shape index (κ1) is 10.4. The van der Waals surface area contributed by atoms with Crippen molar-refractivity contribution >= 4 is 89.3 Å². The summed E-state index contributed by atoms with van der Waals surface area (Å²) in [5.74, 6) is 0. The first-order chi connectivity index (χ1) is 6.75. The van der Waals surface area contributed by atoms with Crippen LogP contribution in [0.1, 0.15) is 0 Å². The summed E-state index contributed by atoms with van der Waals surface area (Å²) in [7, 11) is 6.92. The van der Waals surface area contributed by atoms with Gasteiger partial charge in [-0.05, 0) is 0 Å². The van der Waals surface area contributed by atoms with Gasteiger partial charge in [0.25, 0.3) is 0 Å². The third-order valence-electron chi connectivity index (χ3n) is 1.52. The predicted molar refractivity (Wildman–Crippen MR) is 74.3 cm³/mol. The maximum Gasteiger partial charge on any atom is 0.117 e. The smallest absolute Gasteiger partial charge is 0.0725 e. The van der Waals surface area contributed by atoms with Crippen molar-refractivity contribution in [2.24, 2.45) is 0 Å². The van der Waals surface area contributed by atoms with Crippen LogP contribution in [-0.4, -0.2) is 0 Å². The van der Waals surface area contributed by atoms with E-state index in [9.17, 15) is 0 Å². The molecule has 0 radical (unpaired) electrons. The molecule has 14 heavy (non-hydrogen) atoms. The molecular weight excluding hydrogens is 329 g/mol. The highest BCUT2D eigenvalue weighted by Crippen LogP contribution is 2.56. The molecule has 0 saturated heterocycles. The molecule has 0 atom stereocenters. The Kier molecular flexibility index (Phi) is 2.91. The fourth-order valence-electron chi connectivity index (χ4n) is 0.948. The molecule has 0 aliphatic carbocycles. The van der Waals surface area contributed by atoms with E-state index in [1.165, 1.54) is 18.2 Å². The molecule has 0 fully saturated rings. The molecule has 0 unspecified atom stereocenters. The van der Waals surface area contributed by atoms with Gasteiger partial charge in [-0.3, -0.25) is 0 Å². The lowest BCUT2D eigenvalue weighted by Gasteiger charge is -2.07. The van der Waals surface area contributed by atoms with Crippen LogP contribution in [0.5, 0.6) is 0 Å². The monoisotopic (exact) mass is 328 g/mol. The molecule has 1 aliphatic rings. The summed E-state index contributed by atoms with van der Waals surface area (Å²) < 4.78 is 4.71. The summed E-state index contributed by atoms with van der Waals surface area (Å²) in [5, 5.41) is 0. The summed E-state index contributed by atoms with van der Waals surface area (Å²) in [4.78, 5) is 2.55. The van der Waals surface area contributed by atoms with E-state index < -0.39 is 0 Å². The zero-order valence-corrected chi connectivity index (χ0v) is 12.8. The van der Waals surface area contributed by atoms with Gasteiger partial charge < -0.3 is 0 Å². The van der Waals surface area contributed by atoms with Crippen LogP contribution >= 0.6 is 89.3 Å². The highest BCUT2D eigenvalue weighted by atomic mass is 32.9. The molecule has 0 aromatic carbocycles. The van der Waals surface area contributed by atoms with Crippen molar-refractivity contribution in [3.63, 3.8) is 0 Å². The van der Waals surface area contributed by atoms with Crippen LogP contribution in [0.4, 0.5) is 0 Å². The Morgan fingerprint density at radius 3 is 1.50 bits per heavy atom. The summed E-state index contributed by atoms with van der Waals surface area (Å²) in [6, 6.07) is 0. The van der Waals surface area contributed by atoms with Gasteiger partial charge in [0.05, 0.1) is 18.2 Å². The molecule has 72 valence electrons. The van der Waals surface area contributed by atoms with E-state index in [0.717, 1.165) is 7.65 Å². The number of fused-ring (bicyclic) bond motifs is 2. The van der Waals surface area contributed by atoms with Crippen LogP contribution in [0.3, 0.4) is 0 Å². The summed E-state index contributed by atoms with van der Waals surface area (Å²) in [5.41, 5.74) is 0. The van der Waals surface area contributed by atoms with Gasteiger partial charge in [0.2, 0.25) is 0 Å². The van der Waals surface area contributed by atoms with Crippen LogP contribution in [0, 0.1) is 7.65 Å². The lowest BCUT2D eigenvalue weighted by molar-refractivity contribution is 1.29. The third-order valence-corrected chi connectivity index (χ3v) is 11.8. The van der Waals surface area contributed by atoms with E-state index in [2.05, 4.69) is 0 Å². The Morgan fingerprint density at radius 1 is 0.643 bits per heavy atom. The first-order valence-electron chi connectivity index (χ1n) is 3.37. The molecular formula is C6S8. The molecule has 3 heterocycles. The maximum atomic E-state index is 5.28. The van der Waals surface area contributed by atoms with Crippen molar-refractivity contribution in [1.82, 2.24) is 0 Å².